The standard InChI is InChI=1S/C15H23FN2O/c1-3-14(2)10-15(11-17,8-9-19-14)18-13-7-5-4-6-12(13)16/h4-7,18H,3,8-11,17H2,1-2H3. The molecule has 0 amide bonds. The molecular weight excluding hydrogens is 243 g/mol. The van der Waals surface area contributed by atoms with Crippen LogP contribution in [0.5, 0.6) is 0 Å². The van der Waals surface area contributed by atoms with Crippen molar-refractivity contribution in [1.29, 1.82) is 0 Å². The third kappa shape index (κ3) is 3.07. The monoisotopic (exact) mass is 266 g/mol. The number of ether oxygens (including phenoxy) is 1. The lowest BCUT2D eigenvalue weighted by atomic mass is 9.79. The van der Waals surface area contributed by atoms with Gasteiger partial charge in [-0.1, -0.05) is 19.1 Å². The van der Waals surface area contributed by atoms with Crippen molar-refractivity contribution in [3.63, 3.8) is 0 Å². The lowest BCUT2D eigenvalue weighted by molar-refractivity contribution is -0.0882. The van der Waals surface area contributed by atoms with Gasteiger partial charge in [0.05, 0.1) is 16.8 Å². The number of para-hydroxylation sites is 1. The van der Waals surface area contributed by atoms with Crippen LogP contribution in [0, 0.1) is 5.82 Å². The van der Waals surface area contributed by atoms with Crippen molar-refractivity contribution in [1.82, 2.24) is 0 Å². The minimum absolute atomic E-state index is 0.185. The second kappa shape index (κ2) is 5.47. The molecule has 0 aromatic heterocycles. The summed E-state index contributed by atoms with van der Waals surface area (Å²) in [5.41, 5.74) is 6.02. The van der Waals surface area contributed by atoms with Gasteiger partial charge in [0.15, 0.2) is 0 Å². The van der Waals surface area contributed by atoms with Gasteiger partial charge in [0, 0.05) is 19.6 Å². The third-order valence-corrected chi connectivity index (χ3v) is 4.16. The van der Waals surface area contributed by atoms with Crippen molar-refractivity contribution in [2.24, 2.45) is 5.73 Å². The predicted octanol–water partition coefficient (Wildman–Crippen LogP) is 2.91. The highest BCUT2D eigenvalue weighted by atomic mass is 19.1. The fraction of sp³-hybridized carbons (Fsp3) is 0.600. The summed E-state index contributed by atoms with van der Waals surface area (Å²) in [4.78, 5) is 0. The molecule has 1 aromatic carbocycles. The van der Waals surface area contributed by atoms with Crippen LogP contribution in [0.3, 0.4) is 0 Å². The maximum atomic E-state index is 13.8. The zero-order chi connectivity index (χ0) is 13.9. The predicted molar refractivity (Wildman–Crippen MR) is 75.7 cm³/mol. The van der Waals surface area contributed by atoms with Crippen LogP contribution in [-0.4, -0.2) is 24.3 Å². The smallest absolute Gasteiger partial charge is 0.146 e. The Morgan fingerprint density at radius 2 is 2.16 bits per heavy atom. The number of hydrogen-bond donors (Lipinski definition) is 2. The summed E-state index contributed by atoms with van der Waals surface area (Å²) in [6, 6.07) is 6.74. The number of anilines is 1. The second-order valence-corrected chi connectivity index (χ2v) is 5.67. The fourth-order valence-corrected chi connectivity index (χ4v) is 2.76. The Morgan fingerprint density at radius 3 is 2.79 bits per heavy atom. The Labute approximate surface area is 114 Å². The van der Waals surface area contributed by atoms with Gasteiger partial charge in [0.25, 0.3) is 0 Å². The van der Waals surface area contributed by atoms with Gasteiger partial charge in [-0.2, -0.15) is 0 Å². The van der Waals surface area contributed by atoms with Crippen LogP contribution in [0.2, 0.25) is 0 Å². The number of benzene rings is 1. The molecule has 0 bridgehead atoms. The minimum Gasteiger partial charge on any atom is -0.376 e. The van der Waals surface area contributed by atoms with Crippen molar-refractivity contribution in [2.75, 3.05) is 18.5 Å². The summed E-state index contributed by atoms with van der Waals surface area (Å²) in [5.74, 6) is -0.236. The molecule has 2 rings (SSSR count). The van der Waals surface area contributed by atoms with E-state index in [0.29, 0.717) is 18.8 Å². The highest BCUT2D eigenvalue weighted by Crippen LogP contribution is 2.36. The summed E-state index contributed by atoms with van der Waals surface area (Å²) in [6.07, 6.45) is 2.52. The first-order chi connectivity index (χ1) is 9.02. The van der Waals surface area contributed by atoms with Gasteiger partial charge >= 0.3 is 0 Å². The summed E-state index contributed by atoms with van der Waals surface area (Å²) in [7, 11) is 0. The number of nitrogens with one attached hydrogen (secondary N) is 1. The van der Waals surface area contributed by atoms with Gasteiger partial charge in [0.1, 0.15) is 5.82 Å². The SMILES string of the molecule is CCC1(C)CC(CN)(Nc2ccccc2F)CCO1. The summed E-state index contributed by atoms with van der Waals surface area (Å²) in [5, 5.41) is 3.32. The zero-order valence-corrected chi connectivity index (χ0v) is 11.7. The molecule has 0 aliphatic carbocycles. The quantitative estimate of drug-likeness (QED) is 0.881. The molecule has 1 fully saturated rings. The molecule has 3 nitrogen and oxygen atoms in total. The van der Waals surface area contributed by atoms with E-state index < -0.39 is 0 Å². The molecule has 0 radical (unpaired) electrons. The Kier molecular flexibility index (Phi) is 4.11. The largest absolute Gasteiger partial charge is 0.376 e. The highest BCUT2D eigenvalue weighted by Gasteiger charge is 2.41. The molecule has 106 valence electrons. The van der Waals surface area contributed by atoms with Gasteiger partial charge in [-0.05, 0) is 31.9 Å². The number of rotatable bonds is 4. The number of hydrogen-bond acceptors (Lipinski definition) is 3. The highest BCUT2D eigenvalue weighted by molar-refractivity contribution is 5.47. The van der Waals surface area contributed by atoms with E-state index in [1.54, 1.807) is 12.1 Å². The summed E-state index contributed by atoms with van der Waals surface area (Å²) < 4.78 is 19.6. The molecule has 3 N–H and O–H groups in total. The van der Waals surface area contributed by atoms with E-state index in [9.17, 15) is 4.39 Å². The lowest BCUT2D eigenvalue weighted by Gasteiger charge is -2.46. The fourth-order valence-electron chi connectivity index (χ4n) is 2.76. The van der Waals surface area contributed by atoms with E-state index in [2.05, 4.69) is 19.2 Å². The van der Waals surface area contributed by atoms with Crippen molar-refractivity contribution >= 4 is 5.69 Å². The number of nitrogens with two attached hydrogens (primary N) is 1. The molecular formula is C15H23FN2O. The summed E-state index contributed by atoms with van der Waals surface area (Å²) in [6.45, 7) is 5.33. The van der Waals surface area contributed by atoms with Crippen LogP contribution in [0.25, 0.3) is 0 Å². The maximum Gasteiger partial charge on any atom is 0.146 e. The van der Waals surface area contributed by atoms with Crippen LogP contribution in [0.15, 0.2) is 24.3 Å². The first-order valence-corrected chi connectivity index (χ1v) is 6.89. The van der Waals surface area contributed by atoms with E-state index >= 15 is 0 Å². The van der Waals surface area contributed by atoms with Gasteiger partial charge < -0.3 is 15.8 Å². The van der Waals surface area contributed by atoms with Crippen molar-refractivity contribution in [2.45, 2.75) is 44.2 Å². The first-order valence-electron chi connectivity index (χ1n) is 6.89. The Hall–Kier alpha value is -1.13. The Bertz CT molecular complexity index is 440. The molecule has 1 aliphatic rings. The van der Waals surface area contributed by atoms with E-state index in [1.165, 1.54) is 6.07 Å². The topological polar surface area (TPSA) is 47.3 Å². The van der Waals surface area contributed by atoms with Gasteiger partial charge in [-0.25, -0.2) is 4.39 Å². The van der Waals surface area contributed by atoms with Crippen LogP contribution in [0.1, 0.15) is 33.1 Å². The van der Waals surface area contributed by atoms with Crippen LogP contribution < -0.4 is 11.1 Å². The van der Waals surface area contributed by atoms with E-state index in [-0.39, 0.29) is 17.0 Å². The zero-order valence-electron chi connectivity index (χ0n) is 11.7. The molecule has 0 spiro atoms. The third-order valence-electron chi connectivity index (χ3n) is 4.16. The minimum atomic E-state index is -0.287. The Balaban J connectivity index is 2.21. The van der Waals surface area contributed by atoms with Crippen molar-refractivity contribution in [3.05, 3.63) is 30.1 Å². The lowest BCUT2D eigenvalue weighted by Crippen LogP contribution is -2.55. The maximum absolute atomic E-state index is 13.8. The van der Waals surface area contributed by atoms with Crippen LogP contribution >= 0.6 is 0 Å². The molecule has 0 saturated carbocycles. The average Bonchev–Trinajstić information content (AvgIpc) is 2.42. The molecule has 1 aromatic rings. The van der Waals surface area contributed by atoms with Crippen LogP contribution in [0.4, 0.5) is 10.1 Å². The molecule has 19 heavy (non-hydrogen) atoms. The molecule has 1 aliphatic heterocycles. The van der Waals surface area contributed by atoms with Crippen molar-refractivity contribution < 1.29 is 9.13 Å². The van der Waals surface area contributed by atoms with E-state index in [1.807, 2.05) is 6.07 Å². The molecule has 1 heterocycles. The van der Waals surface area contributed by atoms with Gasteiger partial charge in [0.2, 0.25) is 0 Å². The molecule has 2 unspecified atom stereocenters. The summed E-state index contributed by atoms with van der Waals surface area (Å²) >= 11 is 0. The van der Waals surface area contributed by atoms with Crippen molar-refractivity contribution in [3.8, 4) is 0 Å². The number of halogens is 1. The molecule has 2 atom stereocenters. The van der Waals surface area contributed by atoms with Crippen LogP contribution in [-0.2, 0) is 4.74 Å². The van der Waals surface area contributed by atoms with Gasteiger partial charge in [-0.15, -0.1) is 0 Å². The normalized spacial score (nSPS) is 31.2. The second-order valence-electron chi connectivity index (χ2n) is 5.67. The molecule has 4 heteroatoms. The molecule has 1 saturated heterocycles. The van der Waals surface area contributed by atoms with Gasteiger partial charge in [-0.3, -0.25) is 0 Å². The van der Waals surface area contributed by atoms with E-state index in [0.717, 1.165) is 19.3 Å². The van der Waals surface area contributed by atoms with E-state index in [4.69, 9.17) is 10.5 Å². The average molecular weight is 266 g/mol. The Morgan fingerprint density at radius 1 is 1.42 bits per heavy atom. The first kappa shape index (κ1) is 14.3.